The van der Waals surface area contributed by atoms with Crippen molar-refractivity contribution in [3.05, 3.63) is 65.2 Å². The van der Waals surface area contributed by atoms with E-state index in [4.69, 9.17) is 4.74 Å². The Morgan fingerprint density at radius 3 is 2.56 bits per heavy atom. The zero-order chi connectivity index (χ0) is 19.4. The second-order valence-electron chi connectivity index (χ2n) is 5.93. The molecule has 0 saturated carbocycles. The molecule has 0 spiro atoms. The number of amides is 1. The number of benzene rings is 2. The number of hydrogen-bond donors (Lipinski definition) is 1. The monoisotopic (exact) mass is 396 g/mol. The lowest BCUT2D eigenvalue weighted by Gasteiger charge is -2.27. The lowest BCUT2D eigenvalue weighted by atomic mass is 10.1. The summed E-state index contributed by atoms with van der Waals surface area (Å²) in [7, 11) is -3.75. The lowest BCUT2D eigenvalue weighted by molar-refractivity contribution is 0.0730. The first-order chi connectivity index (χ1) is 12.9. The van der Waals surface area contributed by atoms with Crippen LogP contribution in [0.2, 0.25) is 0 Å². The van der Waals surface area contributed by atoms with Gasteiger partial charge in [-0.25, -0.2) is 17.2 Å². The third kappa shape index (κ3) is 4.32. The number of hydrogen-bond acceptors (Lipinski definition) is 4. The molecule has 6 nitrogen and oxygen atoms in total. The summed E-state index contributed by atoms with van der Waals surface area (Å²) in [6.45, 7) is 0.984. The van der Waals surface area contributed by atoms with Crippen LogP contribution in [0.4, 0.5) is 8.78 Å². The van der Waals surface area contributed by atoms with E-state index in [2.05, 4.69) is 5.32 Å². The van der Waals surface area contributed by atoms with Gasteiger partial charge < -0.3 is 10.1 Å². The number of nitrogens with zero attached hydrogens (tertiary/aromatic N) is 1. The van der Waals surface area contributed by atoms with Crippen molar-refractivity contribution in [2.24, 2.45) is 0 Å². The Labute approximate surface area is 155 Å². The Morgan fingerprint density at radius 2 is 1.81 bits per heavy atom. The number of rotatable bonds is 5. The molecule has 0 bridgehead atoms. The van der Waals surface area contributed by atoms with Gasteiger partial charge in [0.15, 0.2) is 0 Å². The summed E-state index contributed by atoms with van der Waals surface area (Å²) < 4.78 is 59.2. The summed E-state index contributed by atoms with van der Waals surface area (Å²) in [6, 6.07) is 8.82. The minimum Gasteiger partial charge on any atom is -0.379 e. The van der Waals surface area contributed by atoms with Gasteiger partial charge in [-0.1, -0.05) is 18.2 Å². The Bertz CT molecular complexity index is 944. The lowest BCUT2D eigenvalue weighted by Crippen LogP contribution is -2.41. The van der Waals surface area contributed by atoms with Crippen molar-refractivity contribution in [2.45, 2.75) is 11.4 Å². The first-order valence-corrected chi connectivity index (χ1v) is 9.72. The van der Waals surface area contributed by atoms with Gasteiger partial charge in [0.05, 0.1) is 23.7 Å². The maximum Gasteiger partial charge on any atom is 0.254 e. The summed E-state index contributed by atoms with van der Waals surface area (Å²) in [5.41, 5.74) is -0.0855. The van der Waals surface area contributed by atoms with E-state index in [1.807, 2.05) is 0 Å². The van der Waals surface area contributed by atoms with Gasteiger partial charge in [0, 0.05) is 19.6 Å². The molecular weight excluding hydrogens is 378 g/mol. The van der Waals surface area contributed by atoms with Gasteiger partial charge in [-0.3, -0.25) is 4.79 Å². The Kier molecular flexibility index (Phi) is 5.83. The molecule has 1 aliphatic rings. The third-order valence-electron chi connectivity index (χ3n) is 4.17. The molecule has 0 radical (unpaired) electrons. The predicted molar refractivity (Wildman–Crippen MR) is 93.5 cm³/mol. The molecule has 2 aromatic rings. The van der Waals surface area contributed by atoms with Crippen LogP contribution in [0.25, 0.3) is 0 Å². The highest BCUT2D eigenvalue weighted by atomic mass is 32.2. The second kappa shape index (κ2) is 8.12. The van der Waals surface area contributed by atoms with Gasteiger partial charge in [-0.2, -0.15) is 4.31 Å². The molecule has 3 rings (SSSR count). The quantitative estimate of drug-likeness (QED) is 0.838. The number of carbonyl (C=O) groups is 1. The Balaban J connectivity index is 1.80. The Morgan fingerprint density at radius 1 is 1.11 bits per heavy atom. The van der Waals surface area contributed by atoms with Crippen LogP contribution in [0.3, 0.4) is 0 Å². The fourth-order valence-corrected chi connectivity index (χ4v) is 4.40. The molecule has 9 heteroatoms. The molecule has 144 valence electrons. The zero-order valence-corrected chi connectivity index (χ0v) is 15.1. The number of ether oxygens (including phenoxy) is 1. The number of sulfonamides is 1. The van der Waals surface area contributed by atoms with E-state index in [1.54, 1.807) is 18.2 Å². The normalized spacial score (nSPS) is 15.5. The molecule has 27 heavy (non-hydrogen) atoms. The molecule has 1 fully saturated rings. The summed E-state index contributed by atoms with van der Waals surface area (Å²) in [6.07, 6.45) is 0. The molecule has 0 unspecified atom stereocenters. The van der Waals surface area contributed by atoms with E-state index in [-0.39, 0.29) is 24.5 Å². The van der Waals surface area contributed by atoms with Gasteiger partial charge in [0.1, 0.15) is 11.6 Å². The van der Waals surface area contributed by atoms with Crippen LogP contribution >= 0.6 is 0 Å². The summed E-state index contributed by atoms with van der Waals surface area (Å²) in [5, 5.41) is 2.45. The van der Waals surface area contributed by atoms with Crippen LogP contribution < -0.4 is 5.32 Å². The average molecular weight is 396 g/mol. The van der Waals surface area contributed by atoms with E-state index >= 15 is 0 Å². The molecule has 1 saturated heterocycles. The largest absolute Gasteiger partial charge is 0.379 e. The SMILES string of the molecule is O=C(NCc1ccccc1S(=O)(=O)N1CCOCC1)c1cc(F)ccc1F. The average Bonchev–Trinajstić information content (AvgIpc) is 2.69. The third-order valence-corrected chi connectivity index (χ3v) is 6.17. The van der Waals surface area contributed by atoms with Crippen molar-refractivity contribution in [2.75, 3.05) is 26.3 Å². The summed E-state index contributed by atoms with van der Waals surface area (Å²) >= 11 is 0. The van der Waals surface area contributed by atoms with E-state index in [0.29, 0.717) is 18.8 Å². The van der Waals surface area contributed by atoms with Crippen molar-refractivity contribution >= 4 is 15.9 Å². The van der Waals surface area contributed by atoms with E-state index in [0.717, 1.165) is 18.2 Å². The first kappa shape index (κ1) is 19.4. The number of morpholine rings is 1. The predicted octanol–water partition coefficient (Wildman–Crippen LogP) is 1.92. The molecule has 1 heterocycles. The van der Waals surface area contributed by atoms with Gasteiger partial charge in [0.2, 0.25) is 10.0 Å². The number of halogens is 2. The fourth-order valence-electron chi connectivity index (χ4n) is 2.77. The molecule has 0 atom stereocenters. The Hall–Kier alpha value is -2.36. The molecule has 2 aromatic carbocycles. The van der Waals surface area contributed by atoms with Crippen LogP contribution in [0, 0.1) is 11.6 Å². The molecule has 1 amide bonds. The van der Waals surface area contributed by atoms with Crippen LogP contribution in [0.5, 0.6) is 0 Å². The highest BCUT2D eigenvalue weighted by molar-refractivity contribution is 7.89. The van der Waals surface area contributed by atoms with E-state index in [9.17, 15) is 22.0 Å². The van der Waals surface area contributed by atoms with Crippen molar-refractivity contribution in [1.29, 1.82) is 0 Å². The van der Waals surface area contributed by atoms with Gasteiger partial charge >= 0.3 is 0 Å². The smallest absolute Gasteiger partial charge is 0.254 e. The summed E-state index contributed by atoms with van der Waals surface area (Å²) in [4.78, 5) is 12.2. The minimum absolute atomic E-state index is 0.0620. The maximum atomic E-state index is 13.7. The molecule has 0 aliphatic carbocycles. The van der Waals surface area contributed by atoms with E-state index < -0.39 is 33.1 Å². The molecular formula is C18H18F2N2O4S. The molecule has 1 aliphatic heterocycles. The van der Waals surface area contributed by atoms with Crippen LogP contribution in [0.15, 0.2) is 47.4 Å². The van der Waals surface area contributed by atoms with Crippen molar-refractivity contribution < 1.29 is 26.7 Å². The van der Waals surface area contributed by atoms with E-state index in [1.165, 1.54) is 10.4 Å². The van der Waals surface area contributed by atoms with Gasteiger partial charge in [-0.15, -0.1) is 0 Å². The number of carbonyl (C=O) groups excluding carboxylic acids is 1. The zero-order valence-electron chi connectivity index (χ0n) is 14.3. The minimum atomic E-state index is -3.75. The van der Waals surface area contributed by atoms with Crippen molar-refractivity contribution in [1.82, 2.24) is 9.62 Å². The second-order valence-corrected chi connectivity index (χ2v) is 7.84. The van der Waals surface area contributed by atoms with Gasteiger partial charge in [-0.05, 0) is 29.8 Å². The number of nitrogens with one attached hydrogen (secondary N) is 1. The highest BCUT2D eigenvalue weighted by Gasteiger charge is 2.28. The fraction of sp³-hybridized carbons (Fsp3) is 0.278. The maximum absolute atomic E-state index is 13.7. The highest BCUT2D eigenvalue weighted by Crippen LogP contribution is 2.21. The van der Waals surface area contributed by atoms with Crippen LogP contribution in [0.1, 0.15) is 15.9 Å². The van der Waals surface area contributed by atoms with Crippen LogP contribution in [-0.2, 0) is 21.3 Å². The standard InChI is InChI=1S/C18H18F2N2O4S/c19-14-5-6-16(20)15(11-14)18(23)21-12-13-3-1-2-4-17(13)27(24,25)22-7-9-26-10-8-22/h1-6,11H,7-10,12H2,(H,21,23). The molecule has 1 N–H and O–H groups in total. The van der Waals surface area contributed by atoms with Gasteiger partial charge in [0.25, 0.3) is 5.91 Å². The first-order valence-electron chi connectivity index (χ1n) is 8.28. The van der Waals surface area contributed by atoms with Crippen LogP contribution in [-0.4, -0.2) is 44.9 Å². The van der Waals surface area contributed by atoms with Crippen molar-refractivity contribution in [3.8, 4) is 0 Å². The van der Waals surface area contributed by atoms with Crippen molar-refractivity contribution in [3.63, 3.8) is 0 Å². The topological polar surface area (TPSA) is 75.7 Å². The summed E-state index contributed by atoms with van der Waals surface area (Å²) in [5.74, 6) is -2.43. The molecule has 0 aromatic heterocycles.